The molecule has 102 valence electrons. The molecule has 19 heavy (non-hydrogen) atoms. The largest absolute Gasteiger partial charge is 0.477 e. The first kappa shape index (κ1) is 13.7. The Kier molecular flexibility index (Phi) is 3.94. The Morgan fingerprint density at radius 1 is 1.58 bits per heavy atom. The zero-order chi connectivity index (χ0) is 14.0. The molecule has 0 radical (unpaired) electrons. The van der Waals surface area contributed by atoms with Gasteiger partial charge in [-0.3, -0.25) is 10.1 Å². The monoisotopic (exact) mass is 282 g/mol. The molecule has 0 spiro atoms. The van der Waals surface area contributed by atoms with Gasteiger partial charge in [-0.05, 0) is 12.1 Å². The van der Waals surface area contributed by atoms with Gasteiger partial charge in [-0.1, -0.05) is 13.0 Å². The van der Waals surface area contributed by atoms with E-state index in [9.17, 15) is 14.9 Å². The highest BCUT2D eigenvalue weighted by Gasteiger charge is 2.29. The first-order valence-corrected chi connectivity index (χ1v) is 6.93. The van der Waals surface area contributed by atoms with Gasteiger partial charge < -0.3 is 10.0 Å². The fraction of sp³-hybridized carbons (Fsp3) is 0.417. The van der Waals surface area contributed by atoms with Crippen LogP contribution in [0.25, 0.3) is 0 Å². The van der Waals surface area contributed by atoms with Crippen molar-refractivity contribution in [1.82, 2.24) is 0 Å². The lowest BCUT2D eigenvalue weighted by Crippen LogP contribution is -2.37. The van der Waals surface area contributed by atoms with Crippen molar-refractivity contribution in [3.05, 3.63) is 33.9 Å². The van der Waals surface area contributed by atoms with Crippen LogP contribution in [0.5, 0.6) is 0 Å². The number of anilines is 1. The lowest BCUT2D eigenvalue weighted by Gasteiger charge is -2.32. The Hall–Kier alpha value is -1.76. The molecule has 1 unspecified atom stereocenters. The Morgan fingerprint density at radius 2 is 2.32 bits per heavy atom. The van der Waals surface area contributed by atoms with Crippen LogP contribution >= 0.6 is 11.8 Å². The van der Waals surface area contributed by atoms with E-state index in [0.717, 1.165) is 5.75 Å². The third-order valence-corrected chi connectivity index (χ3v) is 4.15. The lowest BCUT2D eigenvalue weighted by atomic mass is 10.1. The topological polar surface area (TPSA) is 83.7 Å². The molecule has 1 aliphatic heterocycles. The maximum atomic E-state index is 11.2. The number of carboxylic acids is 1. The predicted octanol–water partition coefficient (Wildman–Crippen LogP) is 2.23. The second-order valence-corrected chi connectivity index (χ2v) is 5.91. The van der Waals surface area contributed by atoms with Crippen molar-refractivity contribution < 1.29 is 14.8 Å². The number of hydrogen-bond acceptors (Lipinski definition) is 5. The molecule has 1 fully saturated rings. The van der Waals surface area contributed by atoms with Gasteiger partial charge >= 0.3 is 11.7 Å². The zero-order valence-electron chi connectivity index (χ0n) is 10.4. The van der Waals surface area contributed by atoms with Crippen LogP contribution in [0.2, 0.25) is 0 Å². The average molecular weight is 282 g/mol. The van der Waals surface area contributed by atoms with E-state index >= 15 is 0 Å². The van der Waals surface area contributed by atoms with Gasteiger partial charge in [0.25, 0.3) is 0 Å². The molecule has 1 saturated heterocycles. The number of thioether (sulfide) groups is 1. The van der Waals surface area contributed by atoms with Crippen LogP contribution in [0.1, 0.15) is 17.3 Å². The van der Waals surface area contributed by atoms with E-state index in [4.69, 9.17) is 5.11 Å². The van der Waals surface area contributed by atoms with Gasteiger partial charge in [0.2, 0.25) is 0 Å². The number of nitro groups is 1. The molecule has 1 aromatic rings. The first-order chi connectivity index (χ1) is 9.00. The quantitative estimate of drug-likeness (QED) is 0.676. The molecule has 1 heterocycles. The van der Waals surface area contributed by atoms with Crippen molar-refractivity contribution in [3.63, 3.8) is 0 Å². The van der Waals surface area contributed by atoms with Gasteiger partial charge in [0.1, 0.15) is 11.3 Å². The van der Waals surface area contributed by atoms with Crippen molar-refractivity contribution in [2.75, 3.05) is 23.7 Å². The molecule has 0 aliphatic carbocycles. The summed E-state index contributed by atoms with van der Waals surface area (Å²) < 4.78 is 0. The number of rotatable bonds is 3. The Balaban J connectivity index is 2.47. The van der Waals surface area contributed by atoms with E-state index in [1.165, 1.54) is 6.07 Å². The average Bonchev–Trinajstić information content (AvgIpc) is 2.37. The van der Waals surface area contributed by atoms with E-state index in [2.05, 4.69) is 6.92 Å². The summed E-state index contributed by atoms with van der Waals surface area (Å²) in [4.78, 5) is 23.6. The summed E-state index contributed by atoms with van der Waals surface area (Å²) in [6, 6.07) is 4.44. The molecular formula is C12H14N2O4S. The first-order valence-electron chi connectivity index (χ1n) is 5.88. The minimum absolute atomic E-state index is 0.256. The molecule has 0 bridgehead atoms. The van der Waals surface area contributed by atoms with Crippen molar-refractivity contribution in [1.29, 1.82) is 0 Å². The van der Waals surface area contributed by atoms with Crippen molar-refractivity contribution in [2.24, 2.45) is 0 Å². The van der Waals surface area contributed by atoms with E-state index in [0.29, 0.717) is 24.0 Å². The third kappa shape index (κ3) is 2.81. The number of benzene rings is 1. The summed E-state index contributed by atoms with van der Waals surface area (Å²) in [6.45, 7) is 3.44. The normalized spacial score (nSPS) is 19.2. The van der Waals surface area contributed by atoms with Crippen LogP contribution in [0.3, 0.4) is 0 Å². The highest BCUT2D eigenvalue weighted by Crippen LogP contribution is 2.34. The Labute approximate surface area is 114 Å². The van der Waals surface area contributed by atoms with Crippen molar-refractivity contribution in [2.45, 2.75) is 12.2 Å². The van der Waals surface area contributed by atoms with Gasteiger partial charge in [-0.15, -0.1) is 0 Å². The minimum Gasteiger partial charge on any atom is -0.477 e. The van der Waals surface area contributed by atoms with Crippen LogP contribution < -0.4 is 4.90 Å². The van der Waals surface area contributed by atoms with Gasteiger partial charge in [-0.25, -0.2) is 4.79 Å². The van der Waals surface area contributed by atoms with E-state index in [1.807, 2.05) is 16.7 Å². The standard InChI is InChI=1S/C12H14N2O4S/c1-8-7-13(5-6-19-8)10-4-2-3-9(12(15)16)11(10)14(17)18/h2-4,8H,5-7H2,1H3,(H,15,16). The van der Waals surface area contributed by atoms with Crippen LogP contribution in [0.15, 0.2) is 18.2 Å². The molecule has 2 rings (SSSR count). The smallest absolute Gasteiger partial charge is 0.342 e. The summed E-state index contributed by atoms with van der Waals surface area (Å²) in [5.74, 6) is -0.386. The number of carboxylic acid groups (broad SMARTS) is 1. The SMILES string of the molecule is CC1CN(c2cccc(C(=O)O)c2[N+](=O)[O-])CCS1. The van der Waals surface area contributed by atoms with Crippen molar-refractivity contribution in [3.8, 4) is 0 Å². The van der Waals surface area contributed by atoms with Gasteiger partial charge in [-0.2, -0.15) is 11.8 Å². The second kappa shape index (κ2) is 5.48. The summed E-state index contributed by atoms with van der Waals surface area (Å²) in [6.07, 6.45) is 0. The molecule has 1 atom stereocenters. The molecule has 6 nitrogen and oxygen atoms in total. The molecule has 0 amide bonds. The Morgan fingerprint density at radius 3 is 2.89 bits per heavy atom. The second-order valence-electron chi connectivity index (χ2n) is 4.36. The van der Waals surface area contributed by atoms with E-state index < -0.39 is 10.9 Å². The summed E-state index contributed by atoms with van der Waals surface area (Å²) in [7, 11) is 0. The lowest BCUT2D eigenvalue weighted by molar-refractivity contribution is -0.384. The number of nitro benzene ring substituents is 1. The molecule has 1 N–H and O–H groups in total. The molecule has 0 saturated carbocycles. The van der Waals surface area contributed by atoms with Crippen LogP contribution in [0.4, 0.5) is 11.4 Å². The Bertz CT molecular complexity index is 520. The molecular weight excluding hydrogens is 268 g/mol. The summed E-state index contributed by atoms with van der Waals surface area (Å²) in [5, 5.41) is 20.6. The number of para-hydroxylation sites is 1. The zero-order valence-corrected chi connectivity index (χ0v) is 11.2. The van der Waals surface area contributed by atoms with Crippen LogP contribution in [-0.4, -0.2) is 40.1 Å². The van der Waals surface area contributed by atoms with Gasteiger partial charge in [0.15, 0.2) is 0 Å². The minimum atomic E-state index is -1.27. The molecule has 1 aliphatic rings. The highest BCUT2D eigenvalue weighted by atomic mass is 32.2. The molecule has 0 aromatic heterocycles. The number of nitrogens with zero attached hydrogens (tertiary/aromatic N) is 2. The van der Waals surface area contributed by atoms with E-state index in [1.54, 1.807) is 12.1 Å². The maximum absolute atomic E-state index is 11.2. The predicted molar refractivity (Wildman–Crippen MR) is 74.2 cm³/mol. The van der Waals surface area contributed by atoms with Crippen molar-refractivity contribution >= 4 is 29.1 Å². The van der Waals surface area contributed by atoms with Crippen LogP contribution in [0, 0.1) is 10.1 Å². The molecule has 1 aromatic carbocycles. The fourth-order valence-electron chi connectivity index (χ4n) is 2.19. The summed E-state index contributed by atoms with van der Waals surface area (Å²) >= 11 is 1.81. The number of aromatic carboxylic acids is 1. The van der Waals surface area contributed by atoms with E-state index in [-0.39, 0.29) is 11.3 Å². The summed E-state index contributed by atoms with van der Waals surface area (Å²) in [5.41, 5.74) is -0.167. The van der Waals surface area contributed by atoms with Gasteiger partial charge in [0, 0.05) is 24.1 Å². The number of carbonyl (C=O) groups is 1. The number of hydrogen-bond donors (Lipinski definition) is 1. The molecule has 7 heteroatoms. The maximum Gasteiger partial charge on any atom is 0.342 e. The van der Waals surface area contributed by atoms with Crippen LogP contribution in [-0.2, 0) is 0 Å². The fourth-order valence-corrected chi connectivity index (χ4v) is 3.20. The highest BCUT2D eigenvalue weighted by molar-refractivity contribution is 8.00. The third-order valence-electron chi connectivity index (χ3n) is 3.01. The van der Waals surface area contributed by atoms with Gasteiger partial charge in [0.05, 0.1) is 4.92 Å².